The SMILES string of the molecule is CCc1cc2oc(=O)cc(CN3CCN(CC(=O)N4CCCC4)CC3)c2cc1Cl. The van der Waals surface area contributed by atoms with Crippen molar-refractivity contribution in [2.75, 3.05) is 45.8 Å². The Morgan fingerprint density at radius 1 is 1.00 bits per heavy atom. The van der Waals surface area contributed by atoms with Crippen molar-refractivity contribution in [3.8, 4) is 0 Å². The Hall–Kier alpha value is -1.89. The molecule has 0 N–H and O–H groups in total. The summed E-state index contributed by atoms with van der Waals surface area (Å²) in [7, 11) is 0. The molecule has 0 unspecified atom stereocenters. The van der Waals surface area contributed by atoms with Gasteiger partial charge in [0.15, 0.2) is 0 Å². The molecule has 2 aliphatic rings. The van der Waals surface area contributed by atoms with E-state index in [1.807, 2.05) is 24.0 Å². The number of fused-ring (bicyclic) bond motifs is 1. The number of carbonyl (C=O) groups excluding carboxylic acids is 1. The molecule has 156 valence electrons. The summed E-state index contributed by atoms with van der Waals surface area (Å²) in [5, 5.41) is 1.61. The molecular weight excluding hydrogens is 390 g/mol. The second-order valence-electron chi connectivity index (χ2n) is 8.02. The van der Waals surface area contributed by atoms with Crippen molar-refractivity contribution in [2.45, 2.75) is 32.7 Å². The Bertz CT molecular complexity index is 944. The summed E-state index contributed by atoms with van der Waals surface area (Å²) in [5.74, 6) is 0.254. The minimum atomic E-state index is -0.327. The quantitative estimate of drug-likeness (QED) is 0.700. The topological polar surface area (TPSA) is 57.0 Å². The van der Waals surface area contributed by atoms with Crippen LogP contribution in [0.15, 0.2) is 27.4 Å². The van der Waals surface area contributed by atoms with Crippen LogP contribution in [0.4, 0.5) is 0 Å². The van der Waals surface area contributed by atoms with Crippen molar-refractivity contribution >= 4 is 28.5 Å². The van der Waals surface area contributed by atoms with Gasteiger partial charge in [-0.1, -0.05) is 18.5 Å². The summed E-state index contributed by atoms with van der Waals surface area (Å²) in [4.78, 5) is 31.0. The molecule has 2 fully saturated rings. The van der Waals surface area contributed by atoms with Crippen molar-refractivity contribution in [1.82, 2.24) is 14.7 Å². The van der Waals surface area contributed by atoms with Crippen LogP contribution in [-0.4, -0.2) is 66.4 Å². The third-order valence-electron chi connectivity index (χ3n) is 6.05. The molecule has 0 spiro atoms. The van der Waals surface area contributed by atoms with Crippen molar-refractivity contribution in [3.05, 3.63) is 44.8 Å². The molecule has 0 aliphatic carbocycles. The molecule has 0 saturated carbocycles. The molecule has 7 heteroatoms. The van der Waals surface area contributed by atoms with E-state index in [4.69, 9.17) is 16.0 Å². The molecule has 2 aromatic rings. The number of benzene rings is 1. The van der Waals surface area contributed by atoms with Crippen molar-refractivity contribution in [2.24, 2.45) is 0 Å². The van der Waals surface area contributed by atoms with Crippen LogP contribution in [0, 0.1) is 0 Å². The highest BCUT2D eigenvalue weighted by Crippen LogP contribution is 2.27. The van der Waals surface area contributed by atoms with Crippen molar-refractivity contribution in [3.63, 3.8) is 0 Å². The average molecular weight is 418 g/mol. The predicted molar refractivity (Wildman–Crippen MR) is 114 cm³/mol. The van der Waals surface area contributed by atoms with Crippen LogP contribution in [0.5, 0.6) is 0 Å². The van der Waals surface area contributed by atoms with Gasteiger partial charge >= 0.3 is 5.63 Å². The minimum Gasteiger partial charge on any atom is -0.423 e. The van der Waals surface area contributed by atoms with E-state index >= 15 is 0 Å². The summed E-state index contributed by atoms with van der Waals surface area (Å²) in [6.07, 6.45) is 3.05. The summed E-state index contributed by atoms with van der Waals surface area (Å²) in [5.41, 5.74) is 2.20. The van der Waals surface area contributed by atoms with Gasteiger partial charge in [-0.15, -0.1) is 0 Å². The lowest BCUT2D eigenvalue weighted by molar-refractivity contribution is -0.131. The van der Waals surface area contributed by atoms with Gasteiger partial charge in [-0.25, -0.2) is 4.79 Å². The Morgan fingerprint density at radius 2 is 1.69 bits per heavy atom. The van der Waals surface area contributed by atoms with Gasteiger partial charge in [-0.3, -0.25) is 14.6 Å². The zero-order chi connectivity index (χ0) is 20.4. The first-order chi connectivity index (χ1) is 14.0. The number of carbonyl (C=O) groups is 1. The number of rotatable bonds is 5. The van der Waals surface area contributed by atoms with E-state index in [0.29, 0.717) is 23.7 Å². The van der Waals surface area contributed by atoms with E-state index < -0.39 is 0 Å². The van der Waals surface area contributed by atoms with Crippen LogP contribution in [-0.2, 0) is 17.8 Å². The van der Waals surface area contributed by atoms with E-state index in [0.717, 1.165) is 75.0 Å². The second kappa shape index (κ2) is 8.86. The lowest BCUT2D eigenvalue weighted by Crippen LogP contribution is -2.49. The number of piperazine rings is 1. The van der Waals surface area contributed by atoms with Gasteiger partial charge in [0.1, 0.15) is 5.58 Å². The second-order valence-corrected chi connectivity index (χ2v) is 8.43. The first kappa shape index (κ1) is 20.4. The number of aryl methyl sites for hydroxylation is 1. The Kier molecular flexibility index (Phi) is 6.23. The molecule has 2 aliphatic heterocycles. The van der Waals surface area contributed by atoms with E-state index in [-0.39, 0.29) is 11.5 Å². The highest BCUT2D eigenvalue weighted by atomic mass is 35.5. The molecule has 29 heavy (non-hydrogen) atoms. The van der Waals surface area contributed by atoms with Crippen molar-refractivity contribution in [1.29, 1.82) is 0 Å². The van der Waals surface area contributed by atoms with Crippen molar-refractivity contribution < 1.29 is 9.21 Å². The largest absolute Gasteiger partial charge is 0.423 e. The number of likely N-dealkylation sites (tertiary alicyclic amines) is 1. The molecule has 0 atom stereocenters. The number of hydrogen-bond acceptors (Lipinski definition) is 5. The fourth-order valence-electron chi connectivity index (χ4n) is 4.29. The first-order valence-corrected chi connectivity index (χ1v) is 10.9. The predicted octanol–water partition coefficient (Wildman–Crippen LogP) is 2.75. The van der Waals surface area contributed by atoms with Crippen LogP contribution >= 0.6 is 11.6 Å². The van der Waals surface area contributed by atoms with Crippen LogP contribution in [0.1, 0.15) is 30.9 Å². The highest BCUT2D eigenvalue weighted by Gasteiger charge is 2.24. The smallest absolute Gasteiger partial charge is 0.336 e. The third kappa shape index (κ3) is 4.65. The zero-order valence-corrected chi connectivity index (χ0v) is 17.7. The third-order valence-corrected chi connectivity index (χ3v) is 6.41. The molecule has 6 nitrogen and oxygen atoms in total. The normalized spacial score (nSPS) is 18.6. The van der Waals surface area contributed by atoms with Gasteiger partial charge in [0.2, 0.25) is 5.91 Å². The molecular formula is C22H28ClN3O3. The van der Waals surface area contributed by atoms with Crippen LogP contribution in [0.3, 0.4) is 0 Å². The Balaban J connectivity index is 1.41. The molecule has 1 aromatic carbocycles. The van der Waals surface area contributed by atoms with Gasteiger partial charge in [0.05, 0.1) is 6.54 Å². The van der Waals surface area contributed by atoms with Gasteiger partial charge in [-0.2, -0.15) is 0 Å². The van der Waals surface area contributed by atoms with Crippen LogP contribution in [0.25, 0.3) is 11.0 Å². The number of halogens is 1. The molecule has 0 radical (unpaired) electrons. The molecule has 1 aromatic heterocycles. The van der Waals surface area contributed by atoms with E-state index in [1.54, 1.807) is 6.07 Å². The van der Waals surface area contributed by atoms with Crippen LogP contribution in [0.2, 0.25) is 5.02 Å². The Morgan fingerprint density at radius 3 is 2.38 bits per heavy atom. The summed E-state index contributed by atoms with van der Waals surface area (Å²) >= 11 is 6.40. The maximum atomic E-state index is 12.4. The number of amides is 1. The molecule has 1 amide bonds. The van der Waals surface area contributed by atoms with Gasteiger partial charge in [0, 0.05) is 62.3 Å². The minimum absolute atomic E-state index is 0.254. The van der Waals surface area contributed by atoms with E-state index in [9.17, 15) is 9.59 Å². The number of hydrogen-bond donors (Lipinski definition) is 0. The Labute approximate surface area is 176 Å². The zero-order valence-electron chi connectivity index (χ0n) is 17.0. The lowest BCUT2D eigenvalue weighted by atomic mass is 10.1. The maximum Gasteiger partial charge on any atom is 0.336 e. The van der Waals surface area contributed by atoms with E-state index in [1.165, 1.54) is 0 Å². The van der Waals surface area contributed by atoms with Gasteiger partial charge < -0.3 is 9.32 Å². The molecule has 3 heterocycles. The molecule has 0 bridgehead atoms. The number of nitrogens with zero attached hydrogens (tertiary/aromatic N) is 3. The summed E-state index contributed by atoms with van der Waals surface area (Å²) in [6.45, 7) is 8.50. The van der Waals surface area contributed by atoms with Gasteiger partial charge in [0.25, 0.3) is 0 Å². The molecule has 4 rings (SSSR count). The maximum absolute atomic E-state index is 12.4. The summed E-state index contributed by atoms with van der Waals surface area (Å²) < 4.78 is 5.42. The van der Waals surface area contributed by atoms with E-state index in [2.05, 4.69) is 9.80 Å². The van der Waals surface area contributed by atoms with Crippen LogP contribution < -0.4 is 5.63 Å². The fraction of sp³-hybridized carbons (Fsp3) is 0.545. The lowest BCUT2D eigenvalue weighted by Gasteiger charge is -2.35. The average Bonchev–Trinajstić information content (AvgIpc) is 3.24. The van der Waals surface area contributed by atoms with Gasteiger partial charge in [-0.05, 0) is 42.5 Å². The standard InChI is InChI=1S/C22H28ClN3O3/c1-2-16-11-20-18(13-19(16)23)17(12-22(28)29-20)14-24-7-9-25(10-8-24)15-21(27)26-5-3-4-6-26/h11-13H,2-10,14-15H2,1H3. The highest BCUT2D eigenvalue weighted by molar-refractivity contribution is 6.32. The first-order valence-electron chi connectivity index (χ1n) is 10.5. The molecule has 2 saturated heterocycles. The summed E-state index contributed by atoms with van der Waals surface area (Å²) in [6, 6.07) is 5.37. The monoisotopic (exact) mass is 417 g/mol. The fourth-order valence-corrected chi connectivity index (χ4v) is 4.59.